The van der Waals surface area contributed by atoms with Gasteiger partial charge < -0.3 is 19.6 Å². The molecular formula is C22H22F3N5O2. The largest absolute Gasteiger partial charge is 0.424 e. The number of para-hydroxylation sites is 1. The third-order valence-electron chi connectivity index (χ3n) is 5.14. The van der Waals surface area contributed by atoms with E-state index < -0.39 is 36.5 Å². The third kappa shape index (κ3) is 4.68. The quantitative estimate of drug-likeness (QED) is 0.521. The van der Waals surface area contributed by atoms with Gasteiger partial charge in [0, 0.05) is 67.7 Å². The van der Waals surface area contributed by atoms with Gasteiger partial charge in [-0.05, 0) is 12.1 Å². The molecular weight excluding hydrogens is 423 g/mol. The zero-order valence-electron chi connectivity index (χ0n) is 17.3. The van der Waals surface area contributed by atoms with Crippen LogP contribution in [-0.2, 0) is 24.0 Å². The Morgan fingerprint density at radius 2 is 2.09 bits per heavy atom. The van der Waals surface area contributed by atoms with Crippen LogP contribution in [0.15, 0.2) is 48.9 Å². The Kier molecular flexibility index (Phi) is 6.69. The molecule has 2 N–H and O–H groups in total. The second kappa shape index (κ2) is 9.28. The molecule has 3 rings (SSSR count). The number of imidazole rings is 1. The topological polar surface area (TPSA) is 95.9 Å². The van der Waals surface area contributed by atoms with Gasteiger partial charge in [0.25, 0.3) is 0 Å². The number of halogens is 3. The van der Waals surface area contributed by atoms with Gasteiger partial charge in [-0.15, -0.1) is 0 Å². The first-order valence-electron chi connectivity index (χ1n) is 9.85. The number of carbonyl (C=O) groups is 1. The number of carbonyl (C=O) groups excluding carboxylic acids is 1. The summed E-state index contributed by atoms with van der Waals surface area (Å²) in [5, 5.41) is 22.4. The van der Waals surface area contributed by atoms with Crippen LogP contribution in [0.2, 0.25) is 0 Å². The Hall–Kier alpha value is -3.58. The minimum atomic E-state index is -4.96. The number of fused-ring (bicyclic) bond motifs is 1. The molecule has 1 aromatic carbocycles. The summed E-state index contributed by atoms with van der Waals surface area (Å²) in [6.45, 7) is 0.0935. The molecule has 2 aromatic heterocycles. The van der Waals surface area contributed by atoms with Crippen molar-refractivity contribution >= 4 is 22.9 Å². The van der Waals surface area contributed by atoms with Crippen LogP contribution in [0.4, 0.5) is 13.2 Å². The van der Waals surface area contributed by atoms with Crippen molar-refractivity contribution in [2.75, 3.05) is 6.54 Å². The maximum absolute atomic E-state index is 13.5. The highest BCUT2D eigenvalue weighted by molar-refractivity contribution is 5.96. The monoisotopic (exact) mass is 445 g/mol. The molecule has 0 aliphatic rings. The van der Waals surface area contributed by atoms with E-state index in [2.05, 4.69) is 16.4 Å². The molecule has 7 nitrogen and oxygen atoms in total. The van der Waals surface area contributed by atoms with Gasteiger partial charge in [-0.2, -0.15) is 18.4 Å². The zero-order valence-corrected chi connectivity index (χ0v) is 17.3. The number of hydrogen-bond acceptors (Lipinski definition) is 4. The Morgan fingerprint density at radius 3 is 2.75 bits per heavy atom. The van der Waals surface area contributed by atoms with Crippen molar-refractivity contribution in [2.45, 2.75) is 31.2 Å². The van der Waals surface area contributed by atoms with E-state index in [1.54, 1.807) is 6.08 Å². The van der Waals surface area contributed by atoms with E-state index in [-0.39, 0.29) is 0 Å². The average molecular weight is 445 g/mol. The number of amides is 1. The minimum Gasteiger partial charge on any atom is -0.374 e. The van der Waals surface area contributed by atoms with Crippen molar-refractivity contribution in [2.24, 2.45) is 7.05 Å². The van der Waals surface area contributed by atoms with Crippen LogP contribution in [-0.4, -0.2) is 37.9 Å². The molecule has 0 saturated carbocycles. The zero-order chi connectivity index (χ0) is 23.4. The summed E-state index contributed by atoms with van der Waals surface area (Å²) in [6, 6.07) is 9.59. The molecule has 0 aliphatic heterocycles. The Labute approximate surface area is 182 Å². The number of nitrogens with zero attached hydrogens (tertiary/aromatic N) is 4. The summed E-state index contributed by atoms with van der Waals surface area (Å²) in [5.74, 6) is -1.14. The number of hydrogen-bond donors (Lipinski definition) is 2. The number of aliphatic hydroxyl groups is 1. The number of aromatic nitrogens is 3. The molecule has 0 spiro atoms. The van der Waals surface area contributed by atoms with Crippen LogP contribution in [0.3, 0.4) is 0 Å². The van der Waals surface area contributed by atoms with Gasteiger partial charge in [0.2, 0.25) is 11.5 Å². The van der Waals surface area contributed by atoms with Crippen LogP contribution in [0.25, 0.3) is 17.0 Å². The maximum Gasteiger partial charge on any atom is 0.424 e. The first kappa shape index (κ1) is 23.1. The van der Waals surface area contributed by atoms with Gasteiger partial charge >= 0.3 is 6.18 Å². The molecule has 0 radical (unpaired) electrons. The van der Waals surface area contributed by atoms with Gasteiger partial charge in [-0.25, -0.2) is 4.98 Å². The number of aryl methyl sites for hydroxylation is 2. The van der Waals surface area contributed by atoms with E-state index in [1.807, 2.05) is 35.0 Å². The molecule has 168 valence electrons. The highest BCUT2D eigenvalue weighted by Crippen LogP contribution is 2.40. The summed E-state index contributed by atoms with van der Waals surface area (Å²) >= 11 is 0. The molecule has 0 aliphatic carbocycles. The summed E-state index contributed by atoms with van der Waals surface area (Å²) in [5.41, 5.74) is -1.53. The van der Waals surface area contributed by atoms with Crippen LogP contribution < -0.4 is 5.32 Å². The fourth-order valence-electron chi connectivity index (χ4n) is 3.50. The lowest BCUT2D eigenvalue weighted by Crippen LogP contribution is -2.46. The lowest BCUT2D eigenvalue weighted by atomic mass is 9.97. The SMILES string of the molecule is Cn1ccnc1C(O)(CCNC(=O)/C=C/c1cn(CCC#N)c2ccccc12)C(F)(F)F. The standard InChI is InChI=1S/C22H22F3N5O2/c1-29-14-12-28-20(29)21(32,22(23,24)25)9-11-27-19(31)8-7-16-15-30(13-4-10-26)18-6-3-2-5-17(16)18/h2-3,5-8,12,14-15,32H,4,9,11,13H2,1H3,(H,27,31)/b8-7+. The highest BCUT2D eigenvalue weighted by Gasteiger charge is 2.57. The average Bonchev–Trinajstić information content (AvgIpc) is 3.33. The first-order valence-corrected chi connectivity index (χ1v) is 9.85. The van der Waals surface area contributed by atoms with Gasteiger partial charge in [0.05, 0.1) is 12.5 Å². The second-order valence-corrected chi connectivity index (χ2v) is 7.30. The molecule has 0 saturated heterocycles. The molecule has 32 heavy (non-hydrogen) atoms. The van der Waals surface area contributed by atoms with E-state index in [1.165, 1.54) is 25.5 Å². The molecule has 10 heteroatoms. The number of benzene rings is 1. The number of nitriles is 1. The fourth-order valence-corrected chi connectivity index (χ4v) is 3.50. The lowest BCUT2D eigenvalue weighted by Gasteiger charge is -2.29. The lowest BCUT2D eigenvalue weighted by molar-refractivity contribution is -0.272. The van der Waals surface area contributed by atoms with Crippen LogP contribution in [0.1, 0.15) is 24.2 Å². The van der Waals surface area contributed by atoms with Crippen molar-refractivity contribution in [3.63, 3.8) is 0 Å². The summed E-state index contributed by atoms with van der Waals surface area (Å²) < 4.78 is 43.6. The van der Waals surface area contributed by atoms with Crippen molar-refractivity contribution in [3.8, 4) is 6.07 Å². The summed E-state index contributed by atoms with van der Waals surface area (Å²) in [4.78, 5) is 15.8. The highest BCUT2D eigenvalue weighted by atomic mass is 19.4. The molecule has 1 amide bonds. The number of nitrogens with one attached hydrogen (secondary N) is 1. The molecule has 1 atom stereocenters. The predicted molar refractivity (Wildman–Crippen MR) is 112 cm³/mol. The van der Waals surface area contributed by atoms with Crippen LogP contribution in [0, 0.1) is 11.3 Å². The van der Waals surface area contributed by atoms with Gasteiger partial charge in [-0.3, -0.25) is 4.79 Å². The van der Waals surface area contributed by atoms with E-state index in [0.29, 0.717) is 13.0 Å². The van der Waals surface area contributed by atoms with Crippen molar-refractivity contribution in [1.29, 1.82) is 5.26 Å². The van der Waals surface area contributed by atoms with Crippen molar-refractivity contribution in [1.82, 2.24) is 19.4 Å². The Morgan fingerprint density at radius 1 is 1.34 bits per heavy atom. The Bertz CT molecular complexity index is 1170. The maximum atomic E-state index is 13.5. The minimum absolute atomic E-state index is 0.334. The van der Waals surface area contributed by atoms with Gasteiger partial charge in [0.1, 0.15) is 5.82 Å². The molecule has 1 unspecified atom stereocenters. The molecule has 0 fully saturated rings. The van der Waals surface area contributed by atoms with Gasteiger partial charge in [0.15, 0.2) is 0 Å². The second-order valence-electron chi connectivity index (χ2n) is 7.30. The fraction of sp³-hybridized carbons (Fsp3) is 0.318. The number of rotatable bonds is 8. The smallest absolute Gasteiger partial charge is 0.374 e. The van der Waals surface area contributed by atoms with Crippen LogP contribution in [0.5, 0.6) is 0 Å². The molecule has 0 bridgehead atoms. The van der Waals surface area contributed by atoms with E-state index in [4.69, 9.17) is 5.26 Å². The predicted octanol–water partition coefficient (Wildman–Crippen LogP) is 3.26. The molecule has 2 heterocycles. The Balaban J connectivity index is 1.69. The third-order valence-corrected chi connectivity index (χ3v) is 5.14. The normalized spacial score (nSPS) is 13.9. The summed E-state index contributed by atoms with van der Waals surface area (Å²) in [7, 11) is 1.35. The van der Waals surface area contributed by atoms with E-state index in [0.717, 1.165) is 21.0 Å². The first-order chi connectivity index (χ1) is 15.2. The van der Waals surface area contributed by atoms with E-state index in [9.17, 15) is 23.1 Å². The summed E-state index contributed by atoms with van der Waals surface area (Å²) in [6.07, 6.45) is 1.67. The van der Waals surface area contributed by atoms with Crippen molar-refractivity contribution < 1.29 is 23.1 Å². The number of alkyl halides is 3. The van der Waals surface area contributed by atoms with Crippen LogP contribution >= 0.6 is 0 Å². The molecule has 3 aromatic rings. The van der Waals surface area contributed by atoms with E-state index >= 15 is 0 Å². The van der Waals surface area contributed by atoms with Crippen molar-refractivity contribution in [3.05, 3.63) is 60.3 Å². The van der Waals surface area contributed by atoms with Gasteiger partial charge in [-0.1, -0.05) is 18.2 Å².